The van der Waals surface area contributed by atoms with Crippen LogP contribution in [0, 0.1) is 25.5 Å². The van der Waals surface area contributed by atoms with E-state index in [9.17, 15) is 13.6 Å². The molecule has 0 N–H and O–H groups in total. The number of benzene rings is 2. The van der Waals surface area contributed by atoms with Crippen molar-refractivity contribution >= 4 is 22.6 Å². The molecule has 178 valence electrons. The first-order valence-electron chi connectivity index (χ1n) is 11.5. The molecule has 4 rings (SSSR count). The Kier molecular flexibility index (Phi) is 6.50. The molecule has 8 heteroatoms. The molecule has 34 heavy (non-hydrogen) atoms. The summed E-state index contributed by atoms with van der Waals surface area (Å²) in [4.78, 5) is 19.5. The number of amides is 1. The molecule has 0 aliphatic carbocycles. The first-order valence-corrected chi connectivity index (χ1v) is 11.5. The van der Waals surface area contributed by atoms with Crippen molar-refractivity contribution in [3.63, 3.8) is 0 Å². The van der Waals surface area contributed by atoms with Gasteiger partial charge in [0.25, 0.3) is 0 Å². The first kappa shape index (κ1) is 23.6. The Morgan fingerprint density at radius 3 is 2.44 bits per heavy atom. The second-order valence-corrected chi connectivity index (χ2v) is 8.26. The van der Waals surface area contributed by atoms with Gasteiger partial charge in [-0.05, 0) is 57.0 Å². The molecule has 0 saturated heterocycles. The fraction of sp³-hybridized carbons (Fsp3) is 0.346. The zero-order chi connectivity index (χ0) is 24.6. The molecule has 0 aliphatic rings. The van der Waals surface area contributed by atoms with Crippen LogP contribution in [0.4, 0.5) is 14.5 Å². The second-order valence-electron chi connectivity index (χ2n) is 8.26. The molecule has 4 aromatic rings. The normalized spacial score (nSPS) is 12.3. The van der Waals surface area contributed by atoms with E-state index in [1.165, 1.54) is 11.0 Å². The quantitative estimate of drug-likeness (QED) is 0.312. The third kappa shape index (κ3) is 3.97. The van der Waals surface area contributed by atoms with Gasteiger partial charge in [-0.25, -0.2) is 13.8 Å². The number of rotatable bonds is 7. The molecular formula is C26H28F2N4O2. The summed E-state index contributed by atoms with van der Waals surface area (Å²) >= 11 is 0. The number of carbonyl (C=O) groups is 1. The minimum absolute atomic E-state index is 0.191. The van der Waals surface area contributed by atoms with E-state index < -0.39 is 17.7 Å². The SMILES string of the molecule is CCC(=O)N(c1ccc(F)c(F)c1)C(CC)c1nc2cc(-c3c(C)noc3C)ccc2n1CC. The zero-order valence-electron chi connectivity index (χ0n) is 20.0. The van der Waals surface area contributed by atoms with Gasteiger partial charge >= 0.3 is 0 Å². The fourth-order valence-corrected chi connectivity index (χ4v) is 4.57. The molecule has 2 heterocycles. The van der Waals surface area contributed by atoms with Crippen LogP contribution < -0.4 is 4.90 Å². The summed E-state index contributed by atoms with van der Waals surface area (Å²) in [6.07, 6.45) is 0.767. The molecule has 1 unspecified atom stereocenters. The monoisotopic (exact) mass is 466 g/mol. The lowest BCUT2D eigenvalue weighted by Gasteiger charge is -2.31. The Morgan fingerprint density at radius 1 is 1.09 bits per heavy atom. The Morgan fingerprint density at radius 2 is 1.85 bits per heavy atom. The van der Waals surface area contributed by atoms with Crippen molar-refractivity contribution in [2.75, 3.05) is 4.90 Å². The number of fused-ring (bicyclic) bond motifs is 1. The molecule has 2 aromatic carbocycles. The average molecular weight is 467 g/mol. The van der Waals surface area contributed by atoms with Crippen LogP contribution in [0.1, 0.15) is 56.9 Å². The Bertz CT molecular complexity index is 1340. The van der Waals surface area contributed by atoms with E-state index >= 15 is 0 Å². The van der Waals surface area contributed by atoms with E-state index in [1.807, 2.05) is 45.9 Å². The topological polar surface area (TPSA) is 64.2 Å². The molecule has 0 fully saturated rings. The highest BCUT2D eigenvalue weighted by molar-refractivity contribution is 5.94. The Labute approximate surface area is 197 Å². The molecule has 0 spiro atoms. The van der Waals surface area contributed by atoms with Crippen LogP contribution in [-0.4, -0.2) is 20.6 Å². The Hall–Kier alpha value is -3.55. The van der Waals surface area contributed by atoms with Crippen LogP contribution in [0.5, 0.6) is 0 Å². The van der Waals surface area contributed by atoms with E-state index in [-0.39, 0.29) is 12.3 Å². The van der Waals surface area contributed by atoms with Crippen LogP contribution >= 0.6 is 0 Å². The summed E-state index contributed by atoms with van der Waals surface area (Å²) < 4.78 is 35.1. The summed E-state index contributed by atoms with van der Waals surface area (Å²) in [6, 6.07) is 9.11. The number of aryl methyl sites for hydroxylation is 3. The van der Waals surface area contributed by atoms with Gasteiger partial charge in [0.15, 0.2) is 11.6 Å². The minimum Gasteiger partial charge on any atom is -0.361 e. The zero-order valence-corrected chi connectivity index (χ0v) is 20.0. The minimum atomic E-state index is -0.991. The van der Waals surface area contributed by atoms with Crippen molar-refractivity contribution in [2.24, 2.45) is 0 Å². The summed E-state index contributed by atoms with van der Waals surface area (Å²) in [5.74, 6) is -0.703. The van der Waals surface area contributed by atoms with Gasteiger partial charge in [0.05, 0.1) is 22.8 Å². The maximum Gasteiger partial charge on any atom is 0.227 e. The smallest absolute Gasteiger partial charge is 0.227 e. The third-order valence-corrected chi connectivity index (χ3v) is 6.16. The first-order chi connectivity index (χ1) is 16.3. The summed E-state index contributed by atoms with van der Waals surface area (Å²) in [6.45, 7) is 10.1. The van der Waals surface area contributed by atoms with Crippen LogP contribution in [-0.2, 0) is 11.3 Å². The number of aromatic nitrogens is 3. The van der Waals surface area contributed by atoms with E-state index in [4.69, 9.17) is 9.51 Å². The van der Waals surface area contributed by atoms with E-state index in [2.05, 4.69) is 9.72 Å². The standard InChI is InChI=1S/C26H28F2N4O2/c1-6-22(32(24(33)7-2)18-10-11-19(27)20(28)14-18)26-29-21-13-17(9-12-23(21)31(26)8-3)25-15(4)30-34-16(25)5/h9-14,22H,6-8H2,1-5H3. The maximum atomic E-state index is 14.1. The van der Waals surface area contributed by atoms with Gasteiger partial charge in [0.1, 0.15) is 11.6 Å². The summed E-state index contributed by atoms with van der Waals surface area (Å²) in [5.41, 5.74) is 4.71. The van der Waals surface area contributed by atoms with Crippen LogP contribution in [0.25, 0.3) is 22.2 Å². The van der Waals surface area contributed by atoms with Crippen molar-refractivity contribution in [3.8, 4) is 11.1 Å². The highest BCUT2D eigenvalue weighted by Gasteiger charge is 2.30. The fourth-order valence-electron chi connectivity index (χ4n) is 4.57. The van der Waals surface area contributed by atoms with Gasteiger partial charge in [-0.2, -0.15) is 0 Å². The van der Waals surface area contributed by atoms with Gasteiger partial charge in [-0.1, -0.05) is 25.1 Å². The predicted molar refractivity (Wildman–Crippen MR) is 128 cm³/mol. The maximum absolute atomic E-state index is 14.1. The number of imidazole rings is 1. The van der Waals surface area contributed by atoms with Crippen LogP contribution in [0.2, 0.25) is 0 Å². The van der Waals surface area contributed by atoms with Crippen molar-refractivity contribution in [1.82, 2.24) is 14.7 Å². The lowest BCUT2D eigenvalue weighted by molar-refractivity contribution is -0.118. The highest BCUT2D eigenvalue weighted by Crippen LogP contribution is 2.35. The number of carbonyl (C=O) groups excluding carboxylic acids is 1. The molecule has 0 aliphatic heterocycles. The van der Waals surface area contributed by atoms with Gasteiger partial charge in [-0.15, -0.1) is 0 Å². The van der Waals surface area contributed by atoms with Crippen LogP contribution in [0.15, 0.2) is 40.9 Å². The van der Waals surface area contributed by atoms with Crippen molar-refractivity contribution in [2.45, 2.75) is 60.0 Å². The van der Waals surface area contributed by atoms with Crippen molar-refractivity contribution in [1.29, 1.82) is 0 Å². The number of hydrogen-bond acceptors (Lipinski definition) is 4. The number of anilines is 1. The molecule has 2 aromatic heterocycles. The second kappa shape index (κ2) is 9.37. The van der Waals surface area contributed by atoms with Gasteiger partial charge < -0.3 is 14.0 Å². The van der Waals surface area contributed by atoms with Gasteiger partial charge in [0, 0.05) is 30.3 Å². The molecule has 1 atom stereocenters. The average Bonchev–Trinajstić information content (AvgIpc) is 3.36. The van der Waals surface area contributed by atoms with E-state index in [0.29, 0.717) is 24.5 Å². The molecular weight excluding hydrogens is 438 g/mol. The van der Waals surface area contributed by atoms with Crippen molar-refractivity contribution in [3.05, 3.63) is 65.3 Å². The predicted octanol–water partition coefficient (Wildman–Crippen LogP) is 6.50. The summed E-state index contributed by atoms with van der Waals surface area (Å²) in [5, 5.41) is 4.05. The molecule has 1 amide bonds. The van der Waals surface area contributed by atoms with Crippen LogP contribution in [0.3, 0.4) is 0 Å². The molecule has 0 radical (unpaired) electrons. The van der Waals surface area contributed by atoms with Gasteiger partial charge in [-0.3, -0.25) is 4.79 Å². The number of hydrogen-bond donors (Lipinski definition) is 0. The van der Waals surface area contributed by atoms with E-state index in [1.54, 1.807) is 6.92 Å². The molecule has 6 nitrogen and oxygen atoms in total. The van der Waals surface area contributed by atoms with Gasteiger partial charge in [0.2, 0.25) is 5.91 Å². The third-order valence-electron chi connectivity index (χ3n) is 6.16. The number of halogens is 2. The molecule has 0 saturated carbocycles. The van der Waals surface area contributed by atoms with Crippen molar-refractivity contribution < 1.29 is 18.1 Å². The summed E-state index contributed by atoms with van der Waals surface area (Å²) in [7, 11) is 0. The van der Waals surface area contributed by atoms with E-state index in [0.717, 1.165) is 45.7 Å². The largest absolute Gasteiger partial charge is 0.361 e. The lowest BCUT2D eigenvalue weighted by atomic mass is 10.0. The Balaban J connectivity index is 1.87. The number of nitrogens with zero attached hydrogens (tertiary/aromatic N) is 4. The lowest BCUT2D eigenvalue weighted by Crippen LogP contribution is -2.36. The highest BCUT2D eigenvalue weighted by atomic mass is 19.2. The molecule has 0 bridgehead atoms.